The smallest absolute Gasteiger partial charge is 0.411 e. The van der Waals surface area contributed by atoms with Crippen LogP contribution in [0.4, 0.5) is 10.5 Å². The molecule has 0 unspecified atom stereocenters. The summed E-state index contributed by atoms with van der Waals surface area (Å²) in [6, 6.07) is 6.82. The van der Waals surface area contributed by atoms with Crippen LogP contribution in [0.2, 0.25) is 0 Å². The fourth-order valence-electron chi connectivity index (χ4n) is 3.51. The molecule has 0 aliphatic carbocycles. The fraction of sp³-hybridized carbons (Fsp3) is 0.304. The molecule has 0 spiro atoms. The van der Waals surface area contributed by atoms with Crippen LogP contribution in [0.3, 0.4) is 0 Å². The lowest BCUT2D eigenvalue weighted by molar-refractivity contribution is 0.0648. The summed E-state index contributed by atoms with van der Waals surface area (Å²) in [5, 5.41) is 14.6. The maximum absolute atomic E-state index is 13.5. The Labute approximate surface area is 185 Å². The third kappa shape index (κ3) is 5.15. The lowest BCUT2D eigenvalue weighted by atomic mass is 9.99. The highest BCUT2D eigenvalue weighted by molar-refractivity contribution is 7.11. The first-order chi connectivity index (χ1) is 15.0. The summed E-state index contributed by atoms with van der Waals surface area (Å²) in [4.78, 5) is 28.3. The van der Waals surface area contributed by atoms with E-state index in [-0.39, 0.29) is 24.7 Å². The van der Waals surface area contributed by atoms with Crippen molar-refractivity contribution in [1.29, 1.82) is 0 Å². The normalized spacial score (nSPS) is 15.8. The number of nitrogens with zero attached hydrogens (tertiary/aromatic N) is 1. The van der Waals surface area contributed by atoms with Crippen LogP contribution in [0, 0.1) is 6.92 Å². The van der Waals surface area contributed by atoms with Gasteiger partial charge < -0.3 is 19.5 Å². The molecule has 2 amide bonds. The van der Waals surface area contributed by atoms with Crippen LogP contribution in [0.5, 0.6) is 5.75 Å². The van der Waals surface area contributed by atoms with E-state index < -0.39 is 12.1 Å². The highest BCUT2D eigenvalue weighted by Gasteiger charge is 2.30. The van der Waals surface area contributed by atoms with Gasteiger partial charge in [0.15, 0.2) is 0 Å². The number of carbonyl (C=O) groups is 2. The number of benzene rings is 1. The Bertz CT molecular complexity index is 984. The van der Waals surface area contributed by atoms with Gasteiger partial charge in [0, 0.05) is 11.4 Å². The molecule has 1 aromatic heterocycles. The summed E-state index contributed by atoms with van der Waals surface area (Å²) in [5.41, 5.74) is 2.47. The van der Waals surface area contributed by atoms with Crippen molar-refractivity contribution in [2.45, 2.75) is 19.4 Å². The van der Waals surface area contributed by atoms with Gasteiger partial charge in [-0.15, -0.1) is 11.3 Å². The number of aliphatic hydroxyl groups excluding tert-OH is 1. The van der Waals surface area contributed by atoms with Gasteiger partial charge in [0.2, 0.25) is 0 Å². The van der Waals surface area contributed by atoms with E-state index >= 15 is 0 Å². The van der Waals surface area contributed by atoms with Crippen molar-refractivity contribution < 1.29 is 24.2 Å². The minimum atomic E-state index is -0.684. The number of ether oxygens (including phenoxy) is 2. The van der Waals surface area contributed by atoms with Gasteiger partial charge in [-0.3, -0.25) is 10.1 Å². The predicted octanol–water partition coefficient (Wildman–Crippen LogP) is 4.09. The summed E-state index contributed by atoms with van der Waals surface area (Å²) < 4.78 is 10.4. The SMILES string of the molecule is C=CCOC(=O)Nc1cc(C)c(OC)cc1C(=O)N1CCC(c2cccs2)=C[C@H]1CO. The number of anilines is 1. The Kier molecular flexibility index (Phi) is 7.49. The van der Waals surface area contributed by atoms with Gasteiger partial charge in [0.25, 0.3) is 5.91 Å². The number of amides is 2. The van der Waals surface area contributed by atoms with Crippen LogP contribution in [0.15, 0.2) is 48.4 Å². The molecule has 7 nitrogen and oxygen atoms in total. The number of hydrogen-bond donors (Lipinski definition) is 2. The lowest BCUT2D eigenvalue weighted by Crippen LogP contribution is -2.44. The van der Waals surface area contributed by atoms with Crippen molar-refractivity contribution in [3.63, 3.8) is 0 Å². The maximum atomic E-state index is 13.5. The summed E-state index contributed by atoms with van der Waals surface area (Å²) >= 11 is 1.63. The van der Waals surface area contributed by atoms with E-state index in [9.17, 15) is 14.7 Å². The molecule has 2 aromatic rings. The van der Waals surface area contributed by atoms with Crippen molar-refractivity contribution >= 4 is 34.6 Å². The van der Waals surface area contributed by atoms with E-state index in [2.05, 4.69) is 11.9 Å². The van der Waals surface area contributed by atoms with E-state index in [4.69, 9.17) is 9.47 Å². The first kappa shape index (κ1) is 22.6. The van der Waals surface area contributed by atoms with Crippen molar-refractivity contribution in [3.05, 3.63) is 64.4 Å². The van der Waals surface area contributed by atoms with Crippen LogP contribution in [-0.2, 0) is 4.74 Å². The van der Waals surface area contributed by atoms with Crippen molar-refractivity contribution in [3.8, 4) is 5.75 Å². The number of hydrogen-bond acceptors (Lipinski definition) is 6. The van der Waals surface area contributed by atoms with Gasteiger partial charge in [-0.25, -0.2) is 4.79 Å². The Morgan fingerprint density at radius 2 is 2.23 bits per heavy atom. The summed E-state index contributed by atoms with van der Waals surface area (Å²) in [7, 11) is 1.52. The summed E-state index contributed by atoms with van der Waals surface area (Å²) in [6.07, 6.45) is 3.39. The quantitative estimate of drug-likeness (QED) is 0.631. The molecule has 3 rings (SSSR count). The Morgan fingerprint density at radius 3 is 2.87 bits per heavy atom. The first-order valence-electron chi connectivity index (χ1n) is 9.88. The zero-order chi connectivity index (χ0) is 22.4. The van der Waals surface area contributed by atoms with Gasteiger partial charge in [-0.1, -0.05) is 24.8 Å². The first-order valence-corrected chi connectivity index (χ1v) is 10.8. The highest BCUT2D eigenvalue weighted by atomic mass is 32.1. The number of thiophene rings is 1. The molecule has 31 heavy (non-hydrogen) atoms. The molecule has 2 N–H and O–H groups in total. The monoisotopic (exact) mass is 442 g/mol. The maximum Gasteiger partial charge on any atom is 0.411 e. The second-order valence-electron chi connectivity index (χ2n) is 7.05. The predicted molar refractivity (Wildman–Crippen MR) is 122 cm³/mol. The molecule has 0 radical (unpaired) electrons. The average Bonchev–Trinajstić information content (AvgIpc) is 3.32. The van der Waals surface area contributed by atoms with Crippen LogP contribution in [0.25, 0.3) is 5.57 Å². The molecule has 164 valence electrons. The number of methoxy groups -OCH3 is 1. The van der Waals surface area contributed by atoms with Crippen LogP contribution < -0.4 is 10.1 Å². The van der Waals surface area contributed by atoms with Crippen LogP contribution >= 0.6 is 11.3 Å². The molecule has 1 aliphatic rings. The number of carbonyl (C=O) groups excluding carboxylic acids is 2. The number of aryl methyl sites for hydroxylation is 1. The zero-order valence-corrected chi connectivity index (χ0v) is 18.4. The molecule has 0 fully saturated rings. The van der Waals surface area contributed by atoms with Gasteiger partial charge in [0.05, 0.1) is 31.0 Å². The molecule has 8 heteroatoms. The van der Waals surface area contributed by atoms with Gasteiger partial charge >= 0.3 is 6.09 Å². The molecule has 0 saturated heterocycles. The second kappa shape index (κ2) is 10.3. The minimum Gasteiger partial charge on any atom is -0.496 e. The van der Waals surface area contributed by atoms with E-state index in [1.165, 1.54) is 13.2 Å². The molecule has 2 heterocycles. The fourth-order valence-corrected chi connectivity index (χ4v) is 4.29. The molecular weight excluding hydrogens is 416 g/mol. The minimum absolute atomic E-state index is 0.0548. The Morgan fingerprint density at radius 1 is 1.42 bits per heavy atom. The van der Waals surface area contributed by atoms with Crippen LogP contribution in [-0.4, -0.2) is 54.9 Å². The molecular formula is C23H26N2O5S. The lowest BCUT2D eigenvalue weighted by Gasteiger charge is -2.34. The molecule has 0 bridgehead atoms. The number of rotatable bonds is 7. The standard InChI is InChI=1S/C23H26N2O5S/c1-4-9-30-23(28)24-19-11-15(2)20(29-3)13-18(19)22(27)25-8-7-16(12-17(25)14-26)21-6-5-10-31-21/h4-6,10-13,17,26H,1,7-9,14H2,2-3H3,(H,24,28)/t17-/m0/s1. The second-order valence-corrected chi connectivity index (χ2v) is 7.99. The third-order valence-corrected chi connectivity index (χ3v) is 5.98. The van der Waals surface area contributed by atoms with Crippen molar-refractivity contribution in [2.24, 2.45) is 0 Å². The number of aliphatic hydroxyl groups is 1. The van der Waals surface area contributed by atoms with E-state index in [0.29, 0.717) is 24.4 Å². The Balaban J connectivity index is 1.92. The van der Waals surface area contributed by atoms with Gasteiger partial charge in [-0.2, -0.15) is 0 Å². The molecule has 1 aromatic carbocycles. The number of nitrogens with one attached hydrogen (secondary N) is 1. The van der Waals surface area contributed by atoms with Gasteiger partial charge in [-0.05, 0) is 48.1 Å². The average molecular weight is 443 g/mol. The van der Waals surface area contributed by atoms with Crippen LogP contribution in [0.1, 0.15) is 27.2 Å². The van der Waals surface area contributed by atoms with E-state index in [0.717, 1.165) is 16.0 Å². The van der Waals surface area contributed by atoms with E-state index in [1.54, 1.807) is 28.4 Å². The summed E-state index contributed by atoms with van der Waals surface area (Å²) in [6.45, 7) is 5.64. The molecule has 0 saturated carbocycles. The zero-order valence-electron chi connectivity index (χ0n) is 17.6. The topological polar surface area (TPSA) is 88.1 Å². The summed E-state index contributed by atoms with van der Waals surface area (Å²) in [5.74, 6) is 0.221. The van der Waals surface area contributed by atoms with Crippen molar-refractivity contribution in [2.75, 3.05) is 32.2 Å². The largest absolute Gasteiger partial charge is 0.496 e. The molecule has 1 atom stereocenters. The van der Waals surface area contributed by atoms with E-state index in [1.807, 2.05) is 30.5 Å². The Hall–Kier alpha value is -3.10. The molecule has 1 aliphatic heterocycles. The highest BCUT2D eigenvalue weighted by Crippen LogP contribution is 2.32. The van der Waals surface area contributed by atoms with Gasteiger partial charge in [0.1, 0.15) is 12.4 Å². The van der Waals surface area contributed by atoms with Crippen molar-refractivity contribution in [1.82, 2.24) is 4.90 Å². The third-order valence-electron chi connectivity index (χ3n) is 5.04.